The molecule has 0 saturated heterocycles. The minimum Gasteiger partial charge on any atom is -0.457 e. The van der Waals surface area contributed by atoms with E-state index in [1.54, 1.807) is 22.8 Å². The summed E-state index contributed by atoms with van der Waals surface area (Å²) < 4.78 is 7.34. The third kappa shape index (κ3) is 4.46. The van der Waals surface area contributed by atoms with E-state index < -0.39 is 0 Å². The maximum absolute atomic E-state index is 12.4. The molecule has 0 bridgehead atoms. The molecule has 134 valence electrons. The molecule has 2 aromatic carbocycles. The molecule has 0 aliphatic rings. The zero-order chi connectivity index (χ0) is 18.4. The summed E-state index contributed by atoms with van der Waals surface area (Å²) in [6, 6.07) is 17.2. The summed E-state index contributed by atoms with van der Waals surface area (Å²) in [5.41, 5.74) is 6.78. The third-order valence-corrected chi connectivity index (χ3v) is 3.78. The van der Waals surface area contributed by atoms with Crippen molar-refractivity contribution >= 4 is 5.91 Å². The van der Waals surface area contributed by atoms with Crippen LogP contribution < -0.4 is 10.5 Å². The number of para-hydroxylation sites is 1. The Hall–Kier alpha value is -3.19. The Morgan fingerprint density at radius 1 is 1.12 bits per heavy atom. The van der Waals surface area contributed by atoms with Crippen LogP contribution in [0.3, 0.4) is 0 Å². The van der Waals surface area contributed by atoms with Gasteiger partial charge in [0.15, 0.2) is 5.69 Å². The minimum absolute atomic E-state index is 0.183. The predicted octanol–water partition coefficient (Wildman–Crippen LogP) is 2.30. The number of aromatic nitrogens is 3. The topological polar surface area (TPSA) is 86.3 Å². The molecular weight excluding hydrogens is 330 g/mol. The molecule has 0 fully saturated rings. The van der Waals surface area contributed by atoms with E-state index in [-0.39, 0.29) is 5.91 Å². The molecule has 1 heterocycles. The summed E-state index contributed by atoms with van der Waals surface area (Å²) >= 11 is 0. The first-order valence-electron chi connectivity index (χ1n) is 8.33. The standard InChI is InChI=1S/C19H21N5O2/c1-23(19(25)18-14-24(12-11-20)22-21-18)13-15-7-9-17(10-8-15)26-16-5-3-2-4-6-16/h2-10,14H,11-13,20H2,1H3. The third-order valence-electron chi connectivity index (χ3n) is 3.78. The zero-order valence-corrected chi connectivity index (χ0v) is 14.6. The Morgan fingerprint density at radius 3 is 2.50 bits per heavy atom. The molecule has 3 rings (SSSR count). The molecule has 7 heteroatoms. The van der Waals surface area contributed by atoms with Crippen LogP contribution >= 0.6 is 0 Å². The van der Waals surface area contributed by atoms with Crippen LogP contribution in [0.25, 0.3) is 0 Å². The van der Waals surface area contributed by atoms with Gasteiger partial charge in [-0.15, -0.1) is 5.10 Å². The van der Waals surface area contributed by atoms with E-state index in [2.05, 4.69) is 10.3 Å². The number of benzene rings is 2. The largest absolute Gasteiger partial charge is 0.457 e. The number of carbonyl (C=O) groups excluding carboxylic acids is 1. The van der Waals surface area contributed by atoms with Crippen LogP contribution in [0, 0.1) is 0 Å². The van der Waals surface area contributed by atoms with E-state index >= 15 is 0 Å². The average molecular weight is 351 g/mol. The number of nitrogens with two attached hydrogens (primary N) is 1. The Balaban J connectivity index is 1.59. The number of nitrogens with zero attached hydrogens (tertiary/aromatic N) is 4. The second kappa shape index (κ2) is 8.26. The van der Waals surface area contributed by atoms with Crippen molar-refractivity contribution in [2.45, 2.75) is 13.1 Å². The van der Waals surface area contributed by atoms with E-state index in [9.17, 15) is 4.79 Å². The summed E-state index contributed by atoms with van der Waals surface area (Å²) in [4.78, 5) is 14.0. The van der Waals surface area contributed by atoms with Gasteiger partial charge in [0.1, 0.15) is 11.5 Å². The number of ether oxygens (including phenoxy) is 1. The average Bonchev–Trinajstić information content (AvgIpc) is 3.12. The number of amides is 1. The van der Waals surface area contributed by atoms with Crippen molar-refractivity contribution in [1.82, 2.24) is 19.9 Å². The number of carbonyl (C=O) groups is 1. The molecule has 0 atom stereocenters. The summed E-state index contributed by atoms with van der Waals surface area (Å²) in [7, 11) is 1.73. The molecule has 2 N–H and O–H groups in total. The van der Waals surface area contributed by atoms with E-state index in [1.807, 2.05) is 54.6 Å². The fraction of sp³-hybridized carbons (Fsp3) is 0.211. The molecule has 0 aliphatic heterocycles. The van der Waals surface area contributed by atoms with Gasteiger partial charge in [0.25, 0.3) is 5.91 Å². The highest BCUT2D eigenvalue weighted by atomic mass is 16.5. The van der Waals surface area contributed by atoms with Gasteiger partial charge in [-0.2, -0.15) is 0 Å². The summed E-state index contributed by atoms with van der Waals surface area (Å²) in [6.07, 6.45) is 1.61. The van der Waals surface area contributed by atoms with Crippen LogP contribution in [0.5, 0.6) is 11.5 Å². The minimum atomic E-state index is -0.183. The normalized spacial score (nSPS) is 10.5. The van der Waals surface area contributed by atoms with Crippen molar-refractivity contribution < 1.29 is 9.53 Å². The van der Waals surface area contributed by atoms with Gasteiger partial charge >= 0.3 is 0 Å². The highest BCUT2D eigenvalue weighted by Gasteiger charge is 2.16. The maximum Gasteiger partial charge on any atom is 0.276 e. The quantitative estimate of drug-likeness (QED) is 0.706. The smallest absolute Gasteiger partial charge is 0.276 e. The first-order chi connectivity index (χ1) is 12.7. The molecule has 1 amide bonds. The van der Waals surface area contributed by atoms with Gasteiger partial charge in [0.05, 0.1) is 12.7 Å². The molecule has 26 heavy (non-hydrogen) atoms. The summed E-state index contributed by atoms with van der Waals surface area (Å²) in [5.74, 6) is 1.35. The van der Waals surface area contributed by atoms with Gasteiger partial charge in [0, 0.05) is 20.1 Å². The fourth-order valence-corrected chi connectivity index (χ4v) is 2.47. The Bertz CT molecular complexity index is 846. The van der Waals surface area contributed by atoms with E-state index in [4.69, 9.17) is 10.5 Å². The number of hydrogen-bond donors (Lipinski definition) is 1. The van der Waals surface area contributed by atoms with Gasteiger partial charge in [0.2, 0.25) is 0 Å². The first kappa shape index (κ1) is 17.6. The van der Waals surface area contributed by atoms with Crippen molar-refractivity contribution in [2.24, 2.45) is 5.73 Å². The molecule has 7 nitrogen and oxygen atoms in total. The van der Waals surface area contributed by atoms with Crippen molar-refractivity contribution in [1.29, 1.82) is 0 Å². The second-order valence-electron chi connectivity index (χ2n) is 5.88. The van der Waals surface area contributed by atoms with Gasteiger partial charge in [-0.3, -0.25) is 9.48 Å². The Morgan fingerprint density at radius 2 is 1.81 bits per heavy atom. The first-order valence-corrected chi connectivity index (χ1v) is 8.33. The molecule has 0 saturated carbocycles. The van der Waals surface area contributed by atoms with Crippen molar-refractivity contribution in [3.63, 3.8) is 0 Å². The number of hydrogen-bond acceptors (Lipinski definition) is 5. The lowest BCUT2D eigenvalue weighted by molar-refractivity contribution is 0.0779. The second-order valence-corrected chi connectivity index (χ2v) is 5.88. The van der Waals surface area contributed by atoms with E-state index in [0.29, 0.717) is 25.3 Å². The van der Waals surface area contributed by atoms with Gasteiger partial charge in [-0.05, 0) is 29.8 Å². The fourth-order valence-electron chi connectivity index (χ4n) is 2.47. The van der Waals surface area contributed by atoms with Crippen LogP contribution in [-0.2, 0) is 13.1 Å². The van der Waals surface area contributed by atoms with E-state index in [1.165, 1.54) is 0 Å². The van der Waals surface area contributed by atoms with Crippen LogP contribution in [0.1, 0.15) is 16.1 Å². The monoisotopic (exact) mass is 351 g/mol. The van der Waals surface area contributed by atoms with Crippen LogP contribution in [0.4, 0.5) is 0 Å². The molecule has 0 unspecified atom stereocenters. The lowest BCUT2D eigenvalue weighted by Gasteiger charge is -2.16. The molecule has 3 aromatic rings. The molecule has 0 aliphatic carbocycles. The van der Waals surface area contributed by atoms with Crippen molar-refractivity contribution in [3.05, 3.63) is 72.1 Å². The van der Waals surface area contributed by atoms with Gasteiger partial charge in [-0.1, -0.05) is 35.5 Å². The van der Waals surface area contributed by atoms with Crippen molar-refractivity contribution in [3.8, 4) is 11.5 Å². The lowest BCUT2D eigenvalue weighted by Crippen LogP contribution is -2.26. The van der Waals surface area contributed by atoms with Crippen molar-refractivity contribution in [2.75, 3.05) is 13.6 Å². The molecule has 0 radical (unpaired) electrons. The highest BCUT2D eigenvalue weighted by Crippen LogP contribution is 2.21. The zero-order valence-electron chi connectivity index (χ0n) is 14.6. The summed E-state index contributed by atoms with van der Waals surface area (Å²) in [6.45, 7) is 1.45. The molecule has 0 spiro atoms. The highest BCUT2D eigenvalue weighted by molar-refractivity contribution is 5.91. The summed E-state index contributed by atoms with van der Waals surface area (Å²) in [5, 5.41) is 7.80. The van der Waals surface area contributed by atoms with Crippen LogP contribution in [0.2, 0.25) is 0 Å². The van der Waals surface area contributed by atoms with Gasteiger partial charge in [-0.25, -0.2) is 0 Å². The maximum atomic E-state index is 12.4. The predicted molar refractivity (Wildman–Crippen MR) is 97.8 cm³/mol. The Kier molecular flexibility index (Phi) is 5.60. The lowest BCUT2D eigenvalue weighted by atomic mass is 10.2. The molecule has 1 aromatic heterocycles. The van der Waals surface area contributed by atoms with Gasteiger partial charge < -0.3 is 15.4 Å². The SMILES string of the molecule is CN(Cc1ccc(Oc2ccccc2)cc1)C(=O)c1cn(CCN)nn1. The van der Waals surface area contributed by atoms with Crippen LogP contribution in [0.15, 0.2) is 60.8 Å². The number of rotatable bonds is 7. The molecular formula is C19H21N5O2. The Labute approximate surface area is 152 Å². The van der Waals surface area contributed by atoms with E-state index in [0.717, 1.165) is 17.1 Å². The van der Waals surface area contributed by atoms with Crippen LogP contribution in [-0.4, -0.2) is 39.4 Å².